The Morgan fingerprint density at radius 3 is 2.21 bits per heavy atom. The molecular formula is C12H19N3O3S. The number of nitrogens with zero attached hydrogens (tertiary/aromatic N) is 1. The molecule has 1 aromatic rings. The van der Waals surface area contributed by atoms with Gasteiger partial charge in [-0.2, -0.15) is 0 Å². The molecule has 0 aromatic heterocycles. The summed E-state index contributed by atoms with van der Waals surface area (Å²) in [4.78, 5) is 11.4. The van der Waals surface area contributed by atoms with Crippen LogP contribution < -0.4 is 15.6 Å². The predicted octanol–water partition coefficient (Wildman–Crippen LogP) is 0.449. The van der Waals surface area contributed by atoms with E-state index in [1.807, 2.05) is 25.3 Å². The number of nitrogens with two attached hydrogens (primary N) is 1. The summed E-state index contributed by atoms with van der Waals surface area (Å²) in [5, 5.41) is 0. The number of rotatable bonds is 5. The van der Waals surface area contributed by atoms with E-state index in [-0.39, 0.29) is 12.3 Å². The van der Waals surface area contributed by atoms with Gasteiger partial charge in [-0.15, -0.1) is 0 Å². The zero-order chi connectivity index (χ0) is 14.6. The standard InChI is InChI=1S/C12H19N3O3S/c1-4-19(17,18)15(8-12(16)14-13)11-6-9(2)5-10(3)7-11/h5-7H,4,8,13H2,1-3H3,(H,14,16). The molecule has 0 aliphatic heterocycles. The molecule has 0 radical (unpaired) electrons. The van der Waals surface area contributed by atoms with E-state index in [0.29, 0.717) is 5.69 Å². The van der Waals surface area contributed by atoms with Crippen LogP contribution in [0.5, 0.6) is 0 Å². The maximum atomic E-state index is 12.1. The maximum absolute atomic E-state index is 12.1. The number of sulfonamides is 1. The molecule has 1 amide bonds. The predicted molar refractivity (Wildman–Crippen MR) is 75.1 cm³/mol. The van der Waals surface area contributed by atoms with Gasteiger partial charge in [-0.25, -0.2) is 14.3 Å². The van der Waals surface area contributed by atoms with E-state index in [1.165, 1.54) is 6.92 Å². The Labute approximate surface area is 113 Å². The number of hydrogen-bond acceptors (Lipinski definition) is 4. The lowest BCUT2D eigenvalue weighted by Gasteiger charge is -2.23. The highest BCUT2D eigenvalue weighted by atomic mass is 32.2. The quantitative estimate of drug-likeness (QED) is 0.467. The molecular weight excluding hydrogens is 266 g/mol. The summed E-state index contributed by atoms with van der Waals surface area (Å²) in [6.07, 6.45) is 0. The summed E-state index contributed by atoms with van der Waals surface area (Å²) in [6.45, 7) is 4.95. The number of hydrazine groups is 1. The molecule has 0 saturated heterocycles. The van der Waals surface area contributed by atoms with Crippen LogP contribution in [-0.4, -0.2) is 26.6 Å². The highest BCUT2D eigenvalue weighted by Crippen LogP contribution is 2.21. The second-order valence-corrected chi connectivity index (χ2v) is 6.50. The van der Waals surface area contributed by atoms with Gasteiger partial charge in [0.05, 0.1) is 11.4 Å². The van der Waals surface area contributed by atoms with Crippen molar-refractivity contribution in [1.29, 1.82) is 0 Å². The van der Waals surface area contributed by atoms with Gasteiger partial charge in [-0.3, -0.25) is 14.5 Å². The highest BCUT2D eigenvalue weighted by molar-refractivity contribution is 7.92. The zero-order valence-electron chi connectivity index (χ0n) is 11.3. The fraction of sp³-hybridized carbons (Fsp3) is 0.417. The topological polar surface area (TPSA) is 92.5 Å². The Hall–Kier alpha value is -1.60. The van der Waals surface area contributed by atoms with Crippen LogP contribution in [0.1, 0.15) is 18.1 Å². The van der Waals surface area contributed by atoms with E-state index < -0.39 is 15.9 Å². The summed E-state index contributed by atoms with van der Waals surface area (Å²) >= 11 is 0. The lowest BCUT2D eigenvalue weighted by atomic mass is 10.1. The Kier molecular flexibility index (Phi) is 4.90. The third-order valence-electron chi connectivity index (χ3n) is 2.64. The molecule has 0 aliphatic carbocycles. The Morgan fingerprint density at radius 1 is 1.26 bits per heavy atom. The molecule has 0 bridgehead atoms. The molecule has 0 spiro atoms. The number of hydrogen-bond donors (Lipinski definition) is 2. The van der Waals surface area contributed by atoms with Crippen molar-refractivity contribution in [2.75, 3.05) is 16.6 Å². The smallest absolute Gasteiger partial charge is 0.254 e. The van der Waals surface area contributed by atoms with Crippen molar-refractivity contribution >= 4 is 21.6 Å². The van der Waals surface area contributed by atoms with Gasteiger partial charge >= 0.3 is 0 Å². The number of benzene rings is 1. The molecule has 0 fully saturated rings. The molecule has 6 nitrogen and oxygen atoms in total. The lowest BCUT2D eigenvalue weighted by Crippen LogP contribution is -2.43. The van der Waals surface area contributed by atoms with Crippen molar-refractivity contribution in [3.8, 4) is 0 Å². The maximum Gasteiger partial charge on any atom is 0.254 e. The fourth-order valence-corrected chi connectivity index (χ4v) is 2.83. The van der Waals surface area contributed by atoms with Gasteiger partial charge in [0.2, 0.25) is 10.0 Å². The van der Waals surface area contributed by atoms with E-state index in [4.69, 9.17) is 5.84 Å². The van der Waals surface area contributed by atoms with Gasteiger partial charge in [0.15, 0.2) is 0 Å². The molecule has 0 aliphatic rings. The van der Waals surface area contributed by atoms with Gasteiger partial charge < -0.3 is 0 Å². The fourth-order valence-electron chi connectivity index (χ4n) is 1.78. The van der Waals surface area contributed by atoms with Crippen LogP contribution in [0.15, 0.2) is 18.2 Å². The van der Waals surface area contributed by atoms with Gasteiger partial charge in [0.1, 0.15) is 6.54 Å². The second kappa shape index (κ2) is 6.03. The van der Waals surface area contributed by atoms with E-state index in [1.54, 1.807) is 12.1 Å². The lowest BCUT2D eigenvalue weighted by molar-refractivity contribution is -0.119. The minimum Gasteiger partial charge on any atom is -0.293 e. The largest absolute Gasteiger partial charge is 0.293 e. The summed E-state index contributed by atoms with van der Waals surface area (Å²) in [5.74, 6) is 4.38. The first-order chi connectivity index (χ1) is 8.80. The summed E-state index contributed by atoms with van der Waals surface area (Å²) in [5.41, 5.74) is 4.28. The molecule has 7 heteroatoms. The number of carbonyl (C=O) groups excluding carboxylic acids is 1. The van der Waals surface area contributed by atoms with Crippen LogP contribution in [-0.2, 0) is 14.8 Å². The first kappa shape index (κ1) is 15.5. The van der Waals surface area contributed by atoms with Crippen LogP contribution in [0.25, 0.3) is 0 Å². The van der Waals surface area contributed by atoms with E-state index >= 15 is 0 Å². The van der Waals surface area contributed by atoms with Crippen molar-refractivity contribution in [3.63, 3.8) is 0 Å². The van der Waals surface area contributed by atoms with Crippen LogP contribution in [0, 0.1) is 13.8 Å². The summed E-state index contributed by atoms with van der Waals surface area (Å²) in [7, 11) is -3.54. The van der Waals surface area contributed by atoms with Crippen molar-refractivity contribution in [3.05, 3.63) is 29.3 Å². The number of carbonyl (C=O) groups is 1. The highest BCUT2D eigenvalue weighted by Gasteiger charge is 2.23. The van der Waals surface area contributed by atoms with Crippen LogP contribution in [0.3, 0.4) is 0 Å². The third-order valence-corrected chi connectivity index (χ3v) is 4.38. The van der Waals surface area contributed by atoms with Crippen molar-refractivity contribution < 1.29 is 13.2 Å². The van der Waals surface area contributed by atoms with E-state index in [0.717, 1.165) is 15.4 Å². The molecule has 106 valence electrons. The Balaban J connectivity index is 3.27. The number of anilines is 1. The van der Waals surface area contributed by atoms with Crippen LogP contribution >= 0.6 is 0 Å². The van der Waals surface area contributed by atoms with Gasteiger partial charge in [0, 0.05) is 0 Å². The molecule has 0 atom stereocenters. The SMILES string of the molecule is CCS(=O)(=O)N(CC(=O)NN)c1cc(C)cc(C)c1. The summed E-state index contributed by atoms with van der Waals surface area (Å²) < 4.78 is 25.2. The molecule has 1 rings (SSSR count). The zero-order valence-corrected chi connectivity index (χ0v) is 12.1. The van der Waals surface area contributed by atoms with Crippen LogP contribution in [0.2, 0.25) is 0 Å². The molecule has 3 N–H and O–H groups in total. The van der Waals surface area contributed by atoms with Crippen molar-refractivity contribution in [2.24, 2.45) is 5.84 Å². The molecule has 19 heavy (non-hydrogen) atoms. The first-order valence-corrected chi connectivity index (χ1v) is 7.49. The third kappa shape index (κ3) is 3.93. The second-order valence-electron chi connectivity index (χ2n) is 4.32. The van der Waals surface area contributed by atoms with Crippen molar-refractivity contribution in [2.45, 2.75) is 20.8 Å². The monoisotopic (exact) mass is 285 g/mol. The normalized spacial score (nSPS) is 11.2. The minimum atomic E-state index is -3.54. The van der Waals surface area contributed by atoms with E-state index in [2.05, 4.69) is 0 Å². The number of aryl methyl sites for hydroxylation is 2. The van der Waals surface area contributed by atoms with Crippen LogP contribution in [0.4, 0.5) is 5.69 Å². The molecule has 0 heterocycles. The molecule has 1 aromatic carbocycles. The first-order valence-electron chi connectivity index (χ1n) is 5.88. The summed E-state index contributed by atoms with van der Waals surface area (Å²) in [6, 6.07) is 5.39. The average Bonchev–Trinajstić information content (AvgIpc) is 2.34. The van der Waals surface area contributed by atoms with Crippen molar-refractivity contribution in [1.82, 2.24) is 5.43 Å². The van der Waals surface area contributed by atoms with E-state index in [9.17, 15) is 13.2 Å². The molecule has 0 saturated carbocycles. The number of nitrogens with one attached hydrogen (secondary N) is 1. The minimum absolute atomic E-state index is 0.0855. The van der Waals surface area contributed by atoms with Gasteiger partial charge in [0.25, 0.3) is 5.91 Å². The molecule has 0 unspecified atom stereocenters. The van der Waals surface area contributed by atoms with Gasteiger partial charge in [-0.05, 0) is 44.0 Å². The average molecular weight is 285 g/mol. The number of amides is 1. The Bertz CT molecular complexity index is 549. The Morgan fingerprint density at radius 2 is 1.79 bits per heavy atom. The van der Waals surface area contributed by atoms with Gasteiger partial charge in [-0.1, -0.05) is 6.07 Å².